The lowest BCUT2D eigenvalue weighted by Crippen LogP contribution is -2.39. The minimum absolute atomic E-state index is 0.428. The van der Waals surface area contributed by atoms with Crippen LogP contribution in [-0.4, -0.2) is 23.4 Å². The van der Waals surface area contributed by atoms with Gasteiger partial charge in [0, 0.05) is 19.0 Å². The van der Waals surface area contributed by atoms with Crippen molar-refractivity contribution in [2.75, 3.05) is 6.54 Å². The summed E-state index contributed by atoms with van der Waals surface area (Å²) in [5.41, 5.74) is 0. The Morgan fingerprint density at radius 3 is 2.69 bits per heavy atom. The van der Waals surface area contributed by atoms with Crippen LogP contribution in [0.25, 0.3) is 0 Å². The molecule has 2 saturated carbocycles. The van der Waals surface area contributed by atoms with E-state index in [-0.39, 0.29) is 0 Å². The van der Waals surface area contributed by atoms with Crippen LogP contribution in [0.3, 0.4) is 0 Å². The molecule has 72 valence electrons. The monoisotopic (exact) mass is 179 g/mol. The van der Waals surface area contributed by atoms with Gasteiger partial charge in [-0.1, -0.05) is 6.42 Å². The third-order valence-corrected chi connectivity index (χ3v) is 4.21. The van der Waals surface area contributed by atoms with Gasteiger partial charge in [-0.2, -0.15) is 0 Å². The summed E-state index contributed by atoms with van der Waals surface area (Å²) in [6.07, 6.45) is 7.47. The summed E-state index contributed by atoms with van der Waals surface area (Å²) in [6.45, 7) is 1.05. The zero-order valence-electron chi connectivity index (χ0n) is 8.04. The molecule has 1 amide bonds. The van der Waals surface area contributed by atoms with Gasteiger partial charge in [-0.15, -0.1) is 0 Å². The van der Waals surface area contributed by atoms with E-state index in [9.17, 15) is 4.79 Å². The maximum absolute atomic E-state index is 11.6. The van der Waals surface area contributed by atoms with Crippen LogP contribution in [0, 0.1) is 11.8 Å². The topological polar surface area (TPSA) is 20.3 Å². The van der Waals surface area contributed by atoms with Crippen LogP contribution in [0.2, 0.25) is 0 Å². The molecule has 0 radical (unpaired) electrons. The third-order valence-electron chi connectivity index (χ3n) is 4.21. The first-order valence-electron chi connectivity index (χ1n) is 5.64. The number of amides is 1. The van der Waals surface area contributed by atoms with Crippen LogP contribution >= 0.6 is 0 Å². The number of fused-ring (bicyclic) bond motifs is 2. The smallest absolute Gasteiger partial charge is 0.222 e. The van der Waals surface area contributed by atoms with Gasteiger partial charge in [-0.05, 0) is 37.5 Å². The highest BCUT2D eigenvalue weighted by atomic mass is 16.2. The fourth-order valence-electron chi connectivity index (χ4n) is 3.61. The molecule has 2 nitrogen and oxygen atoms in total. The number of likely N-dealkylation sites (tertiary alicyclic amines) is 1. The second kappa shape index (κ2) is 2.73. The molecule has 3 aliphatic rings. The summed E-state index contributed by atoms with van der Waals surface area (Å²) >= 11 is 0. The standard InChI is InChI=1S/C11H17NO/c13-11-2-1-5-12(11)10-7-8-3-4-9(10)6-8/h8-10H,1-7H2/t8-,9+,10+/m0/s1. The van der Waals surface area contributed by atoms with Crippen LogP contribution in [-0.2, 0) is 4.79 Å². The molecule has 0 aromatic heterocycles. The average Bonchev–Trinajstić information content (AvgIpc) is 2.77. The molecule has 0 unspecified atom stereocenters. The van der Waals surface area contributed by atoms with Crippen molar-refractivity contribution in [1.29, 1.82) is 0 Å². The zero-order valence-corrected chi connectivity index (χ0v) is 8.04. The lowest BCUT2D eigenvalue weighted by Gasteiger charge is -2.31. The van der Waals surface area contributed by atoms with Gasteiger partial charge in [0.2, 0.25) is 5.91 Å². The summed E-state index contributed by atoms with van der Waals surface area (Å²) in [5.74, 6) is 2.26. The molecule has 0 N–H and O–H groups in total. The van der Waals surface area contributed by atoms with Crippen LogP contribution in [0.1, 0.15) is 38.5 Å². The molecule has 1 heterocycles. The second-order valence-corrected chi connectivity index (χ2v) is 4.93. The van der Waals surface area contributed by atoms with E-state index in [1.165, 1.54) is 25.7 Å². The van der Waals surface area contributed by atoms with Crippen molar-refractivity contribution >= 4 is 5.91 Å². The van der Waals surface area contributed by atoms with Gasteiger partial charge in [0.25, 0.3) is 0 Å². The Morgan fingerprint density at radius 2 is 2.15 bits per heavy atom. The number of carbonyl (C=O) groups is 1. The number of rotatable bonds is 1. The zero-order chi connectivity index (χ0) is 8.84. The Hall–Kier alpha value is -0.530. The van der Waals surface area contributed by atoms with Crippen LogP contribution < -0.4 is 0 Å². The van der Waals surface area contributed by atoms with Gasteiger partial charge in [-0.3, -0.25) is 4.79 Å². The molecule has 3 atom stereocenters. The molecular weight excluding hydrogens is 162 g/mol. The van der Waals surface area contributed by atoms with Crippen molar-refractivity contribution in [3.05, 3.63) is 0 Å². The molecule has 0 aromatic carbocycles. The summed E-state index contributed by atoms with van der Waals surface area (Å²) in [6, 6.07) is 0.647. The van der Waals surface area contributed by atoms with E-state index in [2.05, 4.69) is 4.90 Å². The maximum Gasteiger partial charge on any atom is 0.222 e. The van der Waals surface area contributed by atoms with Crippen LogP contribution in [0.4, 0.5) is 0 Å². The number of hydrogen-bond acceptors (Lipinski definition) is 1. The normalized spacial score (nSPS) is 43.5. The third kappa shape index (κ3) is 1.11. The van der Waals surface area contributed by atoms with Crippen LogP contribution in [0.15, 0.2) is 0 Å². The Balaban J connectivity index is 1.75. The Labute approximate surface area is 79.3 Å². The van der Waals surface area contributed by atoms with Crippen molar-refractivity contribution in [1.82, 2.24) is 4.90 Å². The SMILES string of the molecule is O=C1CCCN1[C@@H]1C[C@H]2CC[C@@H]1C2. The molecule has 1 aliphatic heterocycles. The lowest BCUT2D eigenvalue weighted by atomic mass is 9.94. The summed E-state index contributed by atoms with van der Waals surface area (Å²) in [5, 5.41) is 0. The lowest BCUT2D eigenvalue weighted by molar-refractivity contribution is -0.130. The number of carbonyl (C=O) groups excluding carboxylic acids is 1. The van der Waals surface area contributed by atoms with Crippen LogP contribution in [0.5, 0.6) is 0 Å². The summed E-state index contributed by atoms with van der Waals surface area (Å²) in [4.78, 5) is 13.7. The van der Waals surface area contributed by atoms with Gasteiger partial charge in [-0.25, -0.2) is 0 Å². The largest absolute Gasteiger partial charge is 0.339 e. The van der Waals surface area contributed by atoms with E-state index >= 15 is 0 Å². The predicted molar refractivity (Wildman–Crippen MR) is 50.2 cm³/mol. The Bertz CT molecular complexity index is 238. The van der Waals surface area contributed by atoms with E-state index < -0.39 is 0 Å². The minimum Gasteiger partial charge on any atom is -0.339 e. The Kier molecular flexibility index (Phi) is 1.64. The van der Waals surface area contributed by atoms with Crippen molar-refractivity contribution in [2.45, 2.75) is 44.6 Å². The Morgan fingerprint density at radius 1 is 1.23 bits per heavy atom. The van der Waals surface area contributed by atoms with E-state index in [4.69, 9.17) is 0 Å². The number of nitrogens with zero attached hydrogens (tertiary/aromatic N) is 1. The summed E-state index contributed by atoms with van der Waals surface area (Å²) in [7, 11) is 0. The van der Waals surface area contributed by atoms with Gasteiger partial charge in [0.1, 0.15) is 0 Å². The highest BCUT2D eigenvalue weighted by molar-refractivity contribution is 5.78. The van der Waals surface area contributed by atoms with Crippen molar-refractivity contribution in [3.8, 4) is 0 Å². The second-order valence-electron chi connectivity index (χ2n) is 4.93. The molecule has 0 aromatic rings. The van der Waals surface area contributed by atoms with Gasteiger partial charge >= 0.3 is 0 Å². The summed E-state index contributed by atoms with van der Waals surface area (Å²) < 4.78 is 0. The van der Waals surface area contributed by atoms with E-state index in [1.807, 2.05) is 0 Å². The maximum atomic E-state index is 11.6. The fraction of sp³-hybridized carbons (Fsp3) is 0.909. The molecule has 3 fully saturated rings. The molecule has 0 spiro atoms. The molecule has 2 bridgehead atoms. The van der Waals surface area contributed by atoms with E-state index in [1.54, 1.807) is 0 Å². The van der Waals surface area contributed by atoms with Gasteiger partial charge in [0.15, 0.2) is 0 Å². The molecule has 3 rings (SSSR count). The fourth-order valence-corrected chi connectivity index (χ4v) is 3.61. The first-order chi connectivity index (χ1) is 6.34. The molecule has 1 saturated heterocycles. The molecule has 2 heteroatoms. The molecule has 2 aliphatic carbocycles. The first kappa shape index (κ1) is 7.84. The average molecular weight is 179 g/mol. The van der Waals surface area contributed by atoms with E-state index in [0.717, 1.165) is 31.2 Å². The van der Waals surface area contributed by atoms with Crippen molar-refractivity contribution in [3.63, 3.8) is 0 Å². The predicted octanol–water partition coefficient (Wildman–Crippen LogP) is 1.80. The molecule has 13 heavy (non-hydrogen) atoms. The molecular formula is C11H17NO. The van der Waals surface area contributed by atoms with Crippen molar-refractivity contribution in [2.24, 2.45) is 11.8 Å². The van der Waals surface area contributed by atoms with Crippen molar-refractivity contribution < 1.29 is 4.79 Å². The highest BCUT2D eigenvalue weighted by Crippen LogP contribution is 2.47. The highest BCUT2D eigenvalue weighted by Gasteiger charge is 2.44. The van der Waals surface area contributed by atoms with Gasteiger partial charge in [0.05, 0.1) is 0 Å². The first-order valence-corrected chi connectivity index (χ1v) is 5.64. The number of hydrogen-bond donors (Lipinski definition) is 0. The quantitative estimate of drug-likeness (QED) is 0.601. The minimum atomic E-state index is 0.428. The van der Waals surface area contributed by atoms with Gasteiger partial charge < -0.3 is 4.90 Å². The van der Waals surface area contributed by atoms with E-state index in [0.29, 0.717) is 11.9 Å².